The number of benzene rings is 1. The van der Waals surface area contributed by atoms with Gasteiger partial charge in [-0.05, 0) is 43.7 Å². The first-order valence-electron chi connectivity index (χ1n) is 7.78. The van der Waals surface area contributed by atoms with Gasteiger partial charge in [0.15, 0.2) is 12.6 Å². The number of rotatable bonds is 6. The van der Waals surface area contributed by atoms with Crippen LogP contribution in [0, 0.1) is 5.92 Å². The van der Waals surface area contributed by atoms with E-state index in [1.54, 1.807) is 13.2 Å². The third-order valence-corrected chi connectivity index (χ3v) is 3.98. The van der Waals surface area contributed by atoms with E-state index in [1.807, 2.05) is 30.3 Å². The summed E-state index contributed by atoms with van der Waals surface area (Å²) in [5.74, 6) is 1.25. The molecule has 0 aliphatic heterocycles. The van der Waals surface area contributed by atoms with Crippen molar-refractivity contribution in [1.29, 1.82) is 0 Å². The summed E-state index contributed by atoms with van der Waals surface area (Å²) < 4.78 is 10.4. The van der Waals surface area contributed by atoms with Crippen molar-refractivity contribution in [3.8, 4) is 5.75 Å². The monoisotopic (exact) mass is 304 g/mol. The number of hydrogen-bond acceptors (Lipinski definition) is 4. The van der Waals surface area contributed by atoms with Crippen LogP contribution >= 0.6 is 0 Å². The van der Waals surface area contributed by atoms with Gasteiger partial charge in [0.05, 0.1) is 6.10 Å². The van der Waals surface area contributed by atoms with E-state index in [0.717, 1.165) is 24.8 Å². The highest BCUT2D eigenvalue weighted by Crippen LogP contribution is 2.32. The van der Waals surface area contributed by atoms with Crippen molar-refractivity contribution >= 4 is 5.78 Å². The van der Waals surface area contributed by atoms with Crippen LogP contribution in [0.1, 0.15) is 43.8 Å². The van der Waals surface area contributed by atoms with E-state index >= 15 is 0 Å². The van der Waals surface area contributed by atoms with Gasteiger partial charge in [-0.25, -0.2) is 0 Å². The molecule has 2 unspecified atom stereocenters. The minimum absolute atomic E-state index is 0.165. The number of allylic oxidation sites excluding steroid dienone is 2. The summed E-state index contributed by atoms with van der Waals surface area (Å²) in [5, 5.41) is 10.6. The van der Waals surface area contributed by atoms with Crippen LogP contribution in [0.15, 0.2) is 36.4 Å². The zero-order chi connectivity index (χ0) is 15.8. The van der Waals surface area contributed by atoms with Crippen molar-refractivity contribution < 1.29 is 19.4 Å². The van der Waals surface area contributed by atoms with E-state index in [9.17, 15) is 9.90 Å². The van der Waals surface area contributed by atoms with Gasteiger partial charge in [0.1, 0.15) is 5.75 Å². The van der Waals surface area contributed by atoms with Crippen molar-refractivity contribution in [2.24, 2.45) is 5.92 Å². The average molecular weight is 304 g/mol. The summed E-state index contributed by atoms with van der Waals surface area (Å²) in [6, 6.07) is 7.51. The zero-order valence-corrected chi connectivity index (χ0v) is 13.0. The standard InChI is InChI=1S/C18H24O4/c1-21-13-22-18-11-3-2-10-16(18)17(20)12-14-6-4-8-15(19)9-5-7-14/h2-4,8,10-11,14,17,20H,5-7,9,12-13H2,1H3/b8-4-. The van der Waals surface area contributed by atoms with Crippen LogP contribution in [-0.4, -0.2) is 24.8 Å². The summed E-state index contributed by atoms with van der Waals surface area (Å²) in [7, 11) is 1.57. The van der Waals surface area contributed by atoms with Crippen molar-refractivity contribution in [2.75, 3.05) is 13.9 Å². The molecule has 0 saturated carbocycles. The summed E-state index contributed by atoms with van der Waals surface area (Å²) in [6.07, 6.45) is 7.02. The molecular weight excluding hydrogens is 280 g/mol. The molecule has 1 aromatic rings. The quantitative estimate of drug-likeness (QED) is 0.818. The van der Waals surface area contributed by atoms with E-state index < -0.39 is 6.10 Å². The smallest absolute Gasteiger partial charge is 0.188 e. The molecule has 0 spiro atoms. The maximum atomic E-state index is 11.4. The van der Waals surface area contributed by atoms with Crippen LogP contribution in [0.3, 0.4) is 0 Å². The minimum Gasteiger partial charge on any atom is -0.467 e. The molecule has 2 rings (SSSR count). The first kappa shape index (κ1) is 16.7. The second kappa shape index (κ2) is 8.71. The Balaban J connectivity index is 2.00. The second-order valence-electron chi connectivity index (χ2n) is 5.70. The molecule has 0 heterocycles. The largest absolute Gasteiger partial charge is 0.467 e. The number of ether oxygens (including phenoxy) is 2. The molecule has 120 valence electrons. The first-order chi connectivity index (χ1) is 10.7. The van der Waals surface area contributed by atoms with E-state index in [4.69, 9.17) is 9.47 Å². The highest BCUT2D eigenvalue weighted by Gasteiger charge is 2.19. The van der Waals surface area contributed by atoms with Gasteiger partial charge in [0, 0.05) is 19.1 Å². The lowest BCUT2D eigenvalue weighted by molar-refractivity contribution is -0.114. The molecule has 1 aliphatic rings. The molecule has 2 atom stereocenters. The van der Waals surface area contributed by atoms with Gasteiger partial charge in [-0.1, -0.05) is 24.3 Å². The lowest BCUT2D eigenvalue weighted by Gasteiger charge is -2.22. The number of hydrogen-bond donors (Lipinski definition) is 1. The molecule has 4 heteroatoms. The second-order valence-corrected chi connectivity index (χ2v) is 5.70. The van der Waals surface area contributed by atoms with Gasteiger partial charge >= 0.3 is 0 Å². The predicted molar refractivity (Wildman–Crippen MR) is 84.6 cm³/mol. The molecule has 1 N–H and O–H groups in total. The summed E-state index contributed by atoms with van der Waals surface area (Å²) in [5.41, 5.74) is 0.793. The summed E-state index contributed by atoms with van der Waals surface area (Å²) in [4.78, 5) is 11.4. The highest BCUT2D eigenvalue weighted by atomic mass is 16.7. The lowest BCUT2D eigenvalue weighted by Crippen LogP contribution is -2.11. The molecular formula is C18H24O4. The topological polar surface area (TPSA) is 55.8 Å². The number of aliphatic hydroxyl groups is 1. The Kier molecular flexibility index (Phi) is 6.62. The average Bonchev–Trinajstić information content (AvgIpc) is 2.50. The Morgan fingerprint density at radius 2 is 2.18 bits per heavy atom. The zero-order valence-electron chi connectivity index (χ0n) is 13.0. The van der Waals surface area contributed by atoms with Crippen LogP contribution in [-0.2, 0) is 9.53 Å². The number of aliphatic hydroxyl groups excluding tert-OH is 1. The van der Waals surface area contributed by atoms with Crippen LogP contribution in [0.4, 0.5) is 0 Å². The van der Waals surface area contributed by atoms with Crippen molar-refractivity contribution in [3.05, 3.63) is 42.0 Å². The predicted octanol–water partition coefficient (Wildman–Crippen LogP) is 3.41. The molecule has 22 heavy (non-hydrogen) atoms. The van der Waals surface area contributed by atoms with Crippen LogP contribution < -0.4 is 4.74 Å². The van der Waals surface area contributed by atoms with Crippen LogP contribution in [0.2, 0.25) is 0 Å². The molecule has 0 fully saturated rings. The van der Waals surface area contributed by atoms with E-state index in [0.29, 0.717) is 24.5 Å². The van der Waals surface area contributed by atoms with E-state index in [2.05, 4.69) is 0 Å². The van der Waals surface area contributed by atoms with Gasteiger partial charge in [0.2, 0.25) is 0 Å². The molecule has 0 amide bonds. The fourth-order valence-corrected chi connectivity index (χ4v) is 2.82. The Bertz CT molecular complexity index is 510. The molecule has 0 aromatic heterocycles. The summed E-state index contributed by atoms with van der Waals surface area (Å²) >= 11 is 0. The maximum absolute atomic E-state index is 11.4. The molecule has 0 radical (unpaired) electrons. The number of carbonyl (C=O) groups excluding carboxylic acids is 1. The number of ketones is 1. The molecule has 1 aromatic carbocycles. The molecule has 0 bridgehead atoms. The van der Waals surface area contributed by atoms with Crippen molar-refractivity contribution in [2.45, 2.75) is 38.2 Å². The van der Waals surface area contributed by atoms with Crippen LogP contribution in [0.25, 0.3) is 0 Å². The van der Waals surface area contributed by atoms with E-state index in [-0.39, 0.29) is 12.6 Å². The van der Waals surface area contributed by atoms with Crippen LogP contribution in [0.5, 0.6) is 5.75 Å². The third kappa shape index (κ3) is 4.97. The van der Waals surface area contributed by atoms with Gasteiger partial charge < -0.3 is 14.6 Å². The fraction of sp³-hybridized carbons (Fsp3) is 0.500. The lowest BCUT2D eigenvalue weighted by atomic mass is 9.88. The number of methoxy groups -OCH3 is 1. The fourth-order valence-electron chi connectivity index (χ4n) is 2.82. The Morgan fingerprint density at radius 3 is 3.00 bits per heavy atom. The van der Waals surface area contributed by atoms with Gasteiger partial charge in [-0.3, -0.25) is 4.79 Å². The van der Waals surface area contributed by atoms with Gasteiger partial charge in [-0.15, -0.1) is 0 Å². The Morgan fingerprint density at radius 1 is 1.36 bits per heavy atom. The minimum atomic E-state index is -0.568. The normalized spacial score (nSPS) is 21.7. The van der Waals surface area contributed by atoms with Gasteiger partial charge in [0.25, 0.3) is 0 Å². The number of carbonyl (C=O) groups is 1. The third-order valence-electron chi connectivity index (χ3n) is 3.98. The summed E-state index contributed by atoms with van der Waals surface area (Å²) in [6.45, 7) is 0.165. The molecule has 1 aliphatic carbocycles. The SMILES string of the molecule is COCOc1ccccc1C(O)CC1C/C=C\C(=O)CCC1. The number of para-hydroxylation sites is 1. The molecule has 0 saturated heterocycles. The Labute approximate surface area is 131 Å². The van der Waals surface area contributed by atoms with Crippen molar-refractivity contribution in [3.63, 3.8) is 0 Å². The Hall–Kier alpha value is -1.65. The first-order valence-corrected chi connectivity index (χ1v) is 7.78. The maximum Gasteiger partial charge on any atom is 0.188 e. The van der Waals surface area contributed by atoms with E-state index in [1.165, 1.54) is 0 Å². The van der Waals surface area contributed by atoms with Gasteiger partial charge in [-0.2, -0.15) is 0 Å². The molecule has 4 nitrogen and oxygen atoms in total. The highest BCUT2D eigenvalue weighted by molar-refractivity contribution is 5.89. The van der Waals surface area contributed by atoms with Crippen molar-refractivity contribution in [1.82, 2.24) is 0 Å².